The van der Waals surface area contributed by atoms with E-state index in [4.69, 9.17) is 16.3 Å². The molecule has 0 radical (unpaired) electrons. The van der Waals surface area contributed by atoms with Crippen LogP contribution in [0.2, 0.25) is 5.02 Å². The van der Waals surface area contributed by atoms with E-state index in [1.807, 2.05) is 0 Å². The molecule has 0 saturated carbocycles. The zero-order valence-corrected chi connectivity index (χ0v) is 13.1. The van der Waals surface area contributed by atoms with Crippen molar-refractivity contribution < 1.29 is 18.3 Å². The molecule has 0 atom stereocenters. The Bertz CT molecular complexity index is 543. The summed E-state index contributed by atoms with van der Waals surface area (Å²) < 4.78 is 32.4. The molecule has 0 aromatic heterocycles. The molecule has 0 spiro atoms. The molecule has 1 aliphatic heterocycles. The van der Waals surface area contributed by atoms with Gasteiger partial charge < -0.3 is 15.4 Å². The van der Waals surface area contributed by atoms with Crippen molar-refractivity contribution in [3.05, 3.63) is 34.4 Å². The standard InChI is InChI=1S/C15H19ClF2N2O2/c1-22-9-15(2-4-19-5-3-15)8-20-14(21)10-6-13(18)11(16)7-12(10)17/h6-7,19H,2-5,8-9H2,1H3,(H,20,21). The second-order valence-corrected chi connectivity index (χ2v) is 6.02. The summed E-state index contributed by atoms with van der Waals surface area (Å²) in [5.41, 5.74) is -0.527. The minimum Gasteiger partial charge on any atom is -0.384 e. The Morgan fingerprint density at radius 3 is 2.68 bits per heavy atom. The highest BCUT2D eigenvalue weighted by Gasteiger charge is 2.32. The minimum atomic E-state index is -0.838. The summed E-state index contributed by atoms with van der Waals surface area (Å²) in [6, 6.07) is 1.62. The third kappa shape index (κ3) is 3.94. The molecule has 0 bridgehead atoms. The second kappa shape index (κ2) is 7.35. The van der Waals surface area contributed by atoms with Gasteiger partial charge in [0.15, 0.2) is 0 Å². The van der Waals surface area contributed by atoms with E-state index in [1.165, 1.54) is 0 Å². The van der Waals surface area contributed by atoms with Crippen molar-refractivity contribution >= 4 is 17.5 Å². The lowest BCUT2D eigenvalue weighted by molar-refractivity contribution is 0.0511. The van der Waals surface area contributed by atoms with E-state index in [1.54, 1.807) is 7.11 Å². The Morgan fingerprint density at radius 1 is 1.36 bits per heavy atom. The molecule has 1 amide bonds. The highest BCUT2D eigenvalue weighted by atomic mass is 35.5. The first kappa shape index (κ1) is 17.1. The first-order chi connectivity index (χ1) is 10.5. The van der Waals surface area contributed by atoms with E-state index in [0.29, 0.717) is 13.2 Å². The summed E-state index contributed by atoms with van der Waals surface area (Å²) in [6.45, 7) is 2.53. The van der Waals surface area contributed by atoms with Gasteiger partial charge in [0.2, 0.25) is 0 Å². The van der Waals surface area contributed by atoms with Crippen molar-refractivity contribution in [3.63, 3.8) is 0 Å². The van der Waals surface area contributed by atoms with Crippen LogP contribution in [0.3, 0.4) is 0 Å². The molecule has 1 heterocycles. The first-order valence-electron chi connectivity index (χ1n) is 7.10. The van der Waals surface area contributed by atoms with E-state index in [2.05, 4.69) is 10.6 Å². The Morgan fingerprint density at radius 2 is 2.05 bits per heavy atom. The fourth-order valence-corrected chi connectivity index (χ4v) is 2.85. The highest BCUT2D eigenvalue weighted by Crippen LogP contribution is 2.28. The number of rotatable bonds is 5. The van der Waals surface area contributed by atoms with Crippen molar-refractivity contribution in [1.29, 1.82) is 0 Å². The van der Waals surface area contributed by atoms with Crippen LogP contribution in [-0.4, -0.2) is 39.3 Å². The molecule has 1 saturated heterocycles. The van der Waals surface area contributed by atoms with Gasteiger partial charge in [-0.15, -0.1) is 0 Å². The average molecular weight is 333 g/mol. The van der Waals surface area contributed by atoms with Gasteiger partial charge in [-0.2, -0.15) is 0 Å². The molecule has 1 aromatic carbocycles. The molecule has 122 valence electrons. The van der Waals surface area contributed by atoms with Crippen molar-refractivity contribution in [2.24, 2.45) is 5.41 Å². The lowest BCUT2D eigenvalue weighted by atomic mass is 9.79. The number of hydrogen-bond donors (Lipinski definition) is 2. The third-order valence-corrected chi connectivity index (χ3v) is 4.28. The Hall–Kier alpha value is -1.24. The van der Waals surface area contributed by atoms with Crippen LogP contribution in [0.1, 0.15) is 23.2 Å². The van der Waals surface area contributed by atoms with Gasteiger partial charge in [-0.05, 0) is 38.1 Å². The van der Waals surface area contributed by atoms with Crippen LogP contribution in [-0.2, 0) is 4.74 Å². The van der Waals surface area contributed by atoms with E-state index in [0.717, 1.165) is 38.1 Å². The number of piperidine rings is 1. The fraction of sp³-hybridized carbons (Fsp3) is 0.533. The summed E-state index contributed by atoms with van der Waals surface area (Å²) in [4.78, 5) is 12.1. The minimum absolute atomic E-state index is 0.183. The summed E-state index contributed by atoms with van der Waals surface area (Å²) in [5.74, 6) is -2.31. The Balaban J connectivity index is 2.06. The van der Waals surface area contributed by atoms with Gasteiger partial charge >= 0.3 is 0 Å². The smallest absolute Gasteiger partial charge is 0.254 e. The summed E-state index contributed by atoms with van der Waals surface area (Å²) in [7, 11) is 1.61. The topological polar surface area (TPSA) is 50.4 Å². The lowest BCUT2D eigenvalue weighted by Gasteiger charge is -2.37. The quantitative estimate of drug-likeness (QED) is 0.814. The van der Waals surface area contributed by atoms with Gasteiger partial charge in [0.05, 0.1) is 17.2 Å². The van der Waals surface area contributed by atoms with Crippen LogP contribution in [0.15, 0.2) is 12.1 Å². The van der Waals surface area contributed by atoms with Crippen LogP contribution in [0.4, 0.5) is 8.78 Å². The van der Waals surface area contributed by atoms with Gasteiger partial charge in [0, 0.05) is 19.1 Å². The fourth-order valence-electron chi connectivity index (χ4n) is 2.70. The van der Waals surface area contributed by atoms with Crippen molar-refractivity contribution in [2.45, 2.75) is 12.8 Å². The molecule has 7 heteroatoms. The summed E-state index contributed by atoms with van der Waals surface area (Å²) in [5, 5.41) is 5.59. The van der Waals surface area contributed by atoms with Gasteiger partial charge in [0.1, 0.15) is 11.6 Å². The van der Waals surface area contributed by atoms with Crippen LogP contribution in [0.25, 0.3) is 0 Å². The average Bonchev–Trinajstić information content (AvgIpc) is 2.50. The number of carbonyl (C=O) groups excluding carboxylic acids is 1. The largest absolute Gasteiger partial charge is 0.384 e. The van der Waals surface area contributed by atoms with Crippen LogP contribution < -0.4 is 10.6 Å². The lowest BCUT2D eigenvalue weighted by Crippen LogP contribution is -2.47. The van der Waals surface area contributed by atoms with Crippen LogP contribution in [0, 0.1) is 17.0 Å². The molecule has 22 heavy (non-hydrogen) atoms. The number of amides is 1. The predicted molar refractivity (Wildman–Crippen MR) is 80.1 cm³/mol. The maximum absolute atomic E-state index is 13.7. The van der Waals surface area contributed by atoms with E-state index >= 15 is 0 Å². The normalized spacial score (nSPS) is 17.3. The third-order valence-electron chi connectivity index (χ3n) is 3.99. The maximum Gasteiger partial charge on any atom is 0.254 e. The van der Waals surface area contributed by atoms with Gasteiger partial charge in [-0.25, -0.2) is 8.78 Å². The van der Waals surface area contributed by atoms with Crippen molar-refractivity contribution in [1.82, 2.24) is 10.6 Å². The van der Waals surface area contributed by atoms with Gasteiger partial charge in [0.25, 0.3) is 5.91 Å². The molecule has 2 N–H and O–H groups in total. The number of benzene rings is 1. The maximum atomic E-state index is 13.7. The van der Waals surface area contributed by atoms with E-state index in [9.17, 15) is 13.6 Å². The first-order valence-corrected chi connectivity index (χ1v) is 7.48. The summed E-state index contributed by atoms with van der Waals surface area (Å²) in [6.07, 6.45) is 1.69. The number of carbonyl (C=O) groups is 1. The Labute approximate surface area is 133 Å². The molecule has 1 aliphatic rings. The molecular weight excluding hydrogens is 314 g/mol. The highest BCUT2D eigenvalue weighted by molar-refractivity contribution is 6.30. The number of ether oxygens (including phenoxy) is 1. The second-order valence-electron chi connectivity index (χ2n) is 5.61. The molecule has 1 fully saturated rings. The van der Waals surface area contributed by atoms with Gasteiger partial charge in [-0.1, -0.05) is 11.6 Å². The molecule has 4 nitrogen and oxygen atoms in total. The van der Waals surface area contributed by atoms with Crippen molar-refractivity contribution in [2.75, 3.05) is 33.4 Å². The SMILES string of the molecule is COCC1(CNC(=O)c2cc(F)c(Cl)cc2F)CCNCC1. The Kier molecular flexibility index (Phi) is 5.72. The number of nitrogens with one attached hydrogen (secondary N) is 2. The molecule has 1 aromatic rings. The number of hydrogen-bond acceptors (Lipinski definition) is 3. The number of halogens is 3. The van der Waals surface area contributed by atoms with Crippen LogP contribution >= 0.6 is 11.6 Å². The van der Waals surface area contributed by atoms with Crippen molar-refractivity contribution in [3.8, 4) is 0 Å². The molecule has 2 rings (SSSR count). The molecule has 0 aliphatic carbocycles. The number of methoxy groups -OCH3 is 1. The predicted octanol–water partition coefficient (Wildman–Crippen LogP) is 2.36. The monoisotopic (exact) mass is 332 g/mol. The zero-order valence-electron chi connectivity index (χ0n) is 12.3. The van der Waals surface area contributed by atoms with Crippen LogP contribution in [0.5, 0.6) is 0 Å². The zero-order chi connectivity index (χ0) is 16.2. The molecular formula is C15H19ClF2N2O2. The van der Waals surface area contributed by atoms with E-state index in [-0.39, 0.29) is 16.0 Å². The summed E-state index contributed by atoms with van der Waals surface area (Å²) >= 11 is 5.48. The van der Waals surface area contributed by atoms with Gasteiger partial charge in [-0.3, -0.25) is 4.79 Å². The molecule has 0 unspecified atom stereocenters. The van der Waals surface area contributed by atoms with E-state index < -0.39 is 17.5 Å².